The lowest BCUT2D eigenvalue weighted by Gasteiger charge is -2.26. The molecule has 1 aromatic rings. The maximum absolute atomic E-state index is 12.0. The fourth-order valence-electron chi connectivity index (χ4n) is 2.21. The molecule has 0 bridgehead atoms. The number of carbonyl (C=O) groups is 2. The summed E-state index contributed by atoms with van der Waals surface area (Å²) in [6.45, 7) is 0.817. The summed E-state index contributed by atoms with van der Waals surface area (Å²) in [6, 6.07) is 8.81. The van der Waals surface area contributed by atoms with Crippen molar-refractivity contribution in [1.29, 1.82) is 0 Å². The molecule has 0 aromatic heterocycles. The summed E-state index contributed by atoms with van der Waals surface area (Å²) in [5, 5.41) is 11.9. The number of likely N-dealkylation sites (N-methyl/N-ethyl adjacent to an activating group) is 1. The van der Waals surface area contributed by atoms with E-state index in [9.17, 15) is 9.59 Å². The van der Waals surface area contributed by atoms with Crippen LogP contribution >= 0.6 is 0 Å². The summed E-state index contributed by atoms with van der Waals surface area (Å²) < 4.78 is 5.16. The average Bonchev–Trinajstić information content (AvgIpc) is 2.94. The molecular formula is C14H18N2O4. The topological polar surface area (TPSA) is 78.9 Å². The lowest BCUT2D eigenvalue weighted by molar-refractivity contribution is -0.142. The summed E-state index contributed by atoms with van der Waals surface area (Å²) in [4.78, 5) is 24.5. The van der Waals surface area contributed by atoms with Crippen molar-refractivity contribution in [3.63, 3.8) is 0 Å². The summed E-state index contributed by atoms with van der Waals surface area (Å²) in [5.74, 6) is -1.60. The number of carboxylic acids is 1. The predicted molar refractivity (Wildman–Crippen MR) is 72.2 cm³/mol. The maximum atomic E-state index is 12.0. The van der Waals surface area contributed by atoms with Gasteiger partial charge in [-0.25, -0.2) is 4.79 Å². The minimum absolute atomic E-state index is 0.149. The molecule has 2 N–H and O–H groups in total. The van der Waals surface area contributed by atoms with Crippen LogP contribution in [0, 0.1) is 5.92 Å². The van der Waals surface area contributed by atoms with Crippen LogP contribution in [-0.2, 0) is 16.1 Å². The highest BCUT2D eigenvalue weighted by Gasteiger charge is 2.38. The number of urea groups is 1. The van der Waals surface area contributed by atoms with Crippen molar-refractivity contribution in [3.8, 4) is 0 Å². The number of benzene rings is 1. The summed E-state index contributed by atoms with van der Waals surface area (Å²) in [7, 11) is 1.59. The Labute approximate surface area is 117 Å². The summed E-state index contributed by atoms with van der Waals surface area (Å²) in [5.41, 5.74) is 0.992. The molecule has 2 amide bonds. The Morgan fingerprint density at radius 3 is 2.70 bits per heavy atom. The Bertz CT molecular complexity index is 477. The molecule has 2 unspecified atom stereocenters. The van der Waals surface area contributed by atoms with Crippen molar-refractivity contribution < 1.29 is 19.4 Å². The van der Waals surface area contributed by atoms with Gasteiger partial charge in [-0.2, -0.15) is 0 Å². The van der Waals surface area contributed by atoms with Crippen LogP contribution in [0.3, 0.4) is 0 Å². The average molecular weight is 278 g/mol. The Kier molecular flexibility index (Phi) is 4.57. The largest absolute Gasteiger partial charge is 0.481 e. The number of amides is 2. The molecule has 6 nitrogen and oxygen atoms in total. The molecule has 0 saturated carbocycles. The molecule has 6 heteroatoms. The third kappa shape index (κ3) is 3.27. The lowest BCUT2D eigenvalue weighted by Crippen LogP contribution is -2.48. The number of hydrogen-bond donors (Lipinski definition) is 2. The van der Waals surface area contributed by atoms with Gasteiger partial charge in [-0.1, -0.05) is 30.3 Å². The van der Waals surface area contributed by atoms with Crippen LogP contribution in [0.4, 0.5) is 4.79 Å². The highest BCUT2D eigenvalue weighted by Crippen LogP contribution is 2.19. The number of nitrogens with one attached hydrogen (secondary N) is 1. The van der Waals surface area contributed by atoms with Gasteiger partial charge < -0.3 is 20.1 Å². The molecule has 2 atom stereocenters. The molecule has 1 fully saturated rings. The number of aliphatic carboxylic acids is 1. The Balaban J connectivity index is 1.90. The number of nitrogens with zero attached hydrogens (tertiary/aromatic N) is 1. The van der Waals surface area contributed by atoms with E-state index in [-0.39, 0.29) is 19.2 Å². The first-order chi connectivity index (χ1) is 9.59. The molecule has 0 aliphatic carbocycles. The number of rotatable bonds is 4. The van der Waals surface area contributed by atoms with Crippen molar-refractivity contribution in [3.05, 3.63) is 35.9 Å². The Morgan fingerprint density at radius 1 is 1.35 bits per heavy atom. The number of ether oxygens (including phenoxy) is 1. The zero-order chi connectivity index (χ0) is 14.5. The van der Waals surface area contributed by atoms with Crippen LogP contribution in [-0.4, -0.2) is 48.3 Å². The highest BCUT2D eigenvalue weighted by molar-refractivity contribution is 5.77. The van der Waals surface area contributed by atoms with E-state index < -0.39 is 17.9 Å². The summed E-state index contributed by atoms with van der Waals surface area (Å²) in [6.07, 6.45) is 0. The fourth-order valence-corrected chi connectivity index (χ4v) is 2.21. The van der Waals surface area contributed by atoms with E-state index in [4.69, 9.17) is 9.84 Å². The van der Waals surface area contributed by atoms with Crippen molar-refractivity contribution in [2.24, 2.45) is 5.92 Å². The summed E-state index contributed by atoms with van der Waals surface area (Å²) >= 11 is 0. The maximum Gasteiger partial charge on any atom is 0.317 e. The quantitative estimate of drug-likeness (QED) is 0.858. The molecular weight excluding hydrogens is 260 g/mol. The fraction of sp³-hybridized carbons (Fsp3) is 0.429. The molecule has 2 rings (SSSR count). The predicted octanol–water partition coefficient (Wildman–Crippen LogP) is 0.928. The van der Waals surface area contributed by atoms with E-state index in [0.29, 0.717) is 6.54 Å². The van der Waals surface area contributed by atoms with Crippen molar-refractivity contribution in [1.82, 2.24) is 10.2 Å². The van der Waals surface area contributed by atoms with E-state index in [1.54, 1.807) is 7.05 Å². The molecule has 0 spiro atoms. The molecule has 0 radical (unpaired) electrons. The van der Waals surface area contributed by atoms with Gasteiger partial charge in [-0.05, 0) is 5.56 Å². The van der Waals surface area contributed by atoms with Crippen LogP contribution in [0.5, 0.6) is 0 Å². The molecule has 108 valence electrons. The van der Waals surface area contributed by atoms with Crippen LogP contribution < -0.4 is 5.32 Å². The van der Waals surface area contributed by atoms with Gasteiger partial charge in [0.15, 0.2) is 0 Å². The normalized spacial score (nSPS) is 21.4. The van der Waals surface area contributed by atoms with Gasteiger partial charge in [0, 0.05) is 13.6 Å². The van der Waals surface area contributed by atoms with Gasteiger partial charge in [-0.15, -0.1) is 0 Å². The second-order valence-electron chi connectivity index (χ2n) is 4.80. The molecule has 1 aromatic carbocycles. The number of carboxylic acid groups (broad SMARTS) is 1. The van der Waals surface area contributed by atoms with Gasteiger partial charge in [-0.3, -0.25) is 4.79 Å². The van der Waals surface area contributed by atoms with Crippen LogP contribution in [0.15, 0.2) is 30.3 Å². The SMILES string of the molecule is CN(C(=O)NCc1ccccc1)C1COCC1C(=O)O. The van der Waals surface area contributed by atoms with Gasteiger partial charge in [0.2, 0.25) is 0 Å². The number of hydrogen-bond acceptors (Lipinski definition) is 3. The zero-order valence-corrected chi connectivity index (χ0v) is 11.3. The van der Waals surface area contributed by atoms with Crippen LogP contribution in [0.2, 0.25) is 0 Å². The minimum Gasteiger partial charge on any atom is -0.481 e. The van der Waals surface area contributed by atoms with E-state index in [2.05, 4.69) is 5.32 Å². The van der Waals surface area contributed by atoms with E-state index in [0.717, 1.165) is 5.56 Å². The first-order valence-electron chi connectivity index (χ1n) is 6.44. The number of carbonyl (C=O) groups excluding carboxylic acids is 1. The second-order valence-corrected chi connectivity index (χ2v) is 4.80. The zero-order valence-electron chi connectivity index (χ0n) is 11.3. The van der Waals surface area contributed by atoms with E-state index in [1.807, 2.05) is 30.3 Å². The van der Waals surface area contributed by atoms with Gasteiger partial charge >= 0.3 is 12.0 Å². The Hall–Kier alpha value is -2.08. The Morgan fingerprint density at radius 2 is 2.05 bits per heavy atom. The molecule has 1 aliphatic rings. The first kappa shape index (κ1) is 14.3. The first-order valence-corrected chi connectivity index (χ1v) is 6.44. The van der Waals surface area contributed by atoms with E-state index >= 15 is 0 Å². The third-order valence-electron chi connectivity index (χ3n) is 3.47. The standard InChI is InChI=1S/C14H18N2O4/c1-16(12-9-20-8-11(12)13(17)18)14(19)15-7-10-5-3-2-4-6-10/h2-6,11-12H,7-9H2,1H3,(H,15,19)(H,17,18). The van der Waals surface area contributed by atoms with E-state index in [1.165, 1.54) is 4.90 Å². The van der Waals surface area contributed by atoms with Crippen molar-refractivity contribution in [2.75, 3.05) is 20.3 Å². The molecule has 1 aliphatic heterocycles. The lowest BCUT2D eigenvalue weighted by atomic mass is 10.0. The van der Waals surface area contributed by atoms with Gasteiger partial charge in [0.25, 0.3) is 0 Å². The second kappa shape index (κ2) is 6.38. The molecule has 1 saturated heterocycles. The van der Waals surface area contributed by atoms with Crippen molar-refractivity contribution >= 4 is 12.0 Å². The van der Waals surface area contributed by atoms with Crippen LogP contribution in [0.25, 0.3) is 0 Å². The highest BCUT2D eigenvalue weighted by atomic mass is 16.5. The third-order valence-corrected chi connectivity index (χ3v) is 3.47. The van der Waals surface area contributed by atoms with Gasteiger partial charge in [0.1, 0.15) is 5.92 Å². The van der Waals surface area contributed by atoms with Gasteiger partial charge in [0.05, 0.1) is 19.3 Å². The minimum atomic E-state index is -0.935. The molecule has 1 heterocycles. The monoisotopic (exact) mass is 278 g/mol. The van der Waals surface area contributed by atoms with Crippen molar-refractivity contribution in [2.45, 2.75) is 12.6 Å². The molecule has 20 heavy (non-hydrogen) atoms. The smallest absolute Gasteiger partial charge is 0.317 e. The van der Waals surface area contributed by atoms with Crippen LogP contribution in [0.1, 0.15) is 5.56 Å².